The van der Waals surface area contributed by atoms with Gasteiger partial charge in [-0.2, -0.15) is 0 Å². The van der Waals surface area contributed by atoms with Crippen molar-refractivity contribution >= 4 is 0 Å². The molecule has 1 aliphatic rings. The van der Waals surface area contributed by atoms with Crippen molar-refractivity contribution < 1.29 is 0 Å². The Hall–Kier alpha value is -0.0800. The molecule has 0 aliphatic carbocycles. The molecular formula is C10H22N2. The van der Waals surface area contributed by atoms with Gasteiger partial charge in [-0.3, -0.25) is 4.90 Å². The Bertz CT molecular complexity index is 125. The van der Waals surface area contributed by atoms with E-state index in [2.05, 4.69) is 31.0 Å². The predicted octanol–water partition coefficient (Wildman–Crippen LogP) is 1.47. The third-order valence-corrected chi connectivity index (χ3v) is 2.83. The summed E-state index contributed by atoms with van der Waals surface area (Å²) in [5.74, 6) is 0. The van der Waals surface area contributed by atoms with Crippen molar-refractivity contribution in [2.24, 2.45) is 0 Å². The van der Waals surface area contributed by atoms with Gasteiger partial charge in [0.25, 0.3) is 0 Å². The number of nitrogens with zero attached hydrogens (tertiary/aromatic N) is 1. The van der Waals surface area contributed by atoms with Gasteiger partial charge in [0.05, 0.1) is 0 Å². The van der Waals surface area contributed by atoms with E-state index in [9.17, 15) is 0 Å². The highest BCUT2D eigenvalue weighted by Gasteiger charge is 2.21. The summed E-state index contributed by atoms with van der Waals surface area (Å²) < 4.78 is 0. The maximum atomic E-state index is 3.42. The summed E-state index contributed by atoms with van der Waals surface area (Å²) in [6.07, 6.45) is 2.64. The molecule has 1 fully saturated rings. The molecule has 0 unspecified atom stereocenters. The molecule has 0 aromatic carbocycles. The maximum absolute atomic E-state index is 3.42. The molecule has 2 atom stereocenters. The van der Waals surface area contributed by atoms with Crippen LogP contribution < -0.4 is 5.32 Å². The summed E-state index contributed by atoms with van der Waals surface area (Å²) in [5.41, 5.74) is 0. The SMILES string of the molecule is CCC[C@H](C)N1CCNC[C@@H]1C. The summed E-state index contributed by atoms with van der Waals surface area (Å²) in [7, 11) is 0. The van der Waals surface area contributed by atoms with Crippen molar-refractivity contribution in [2.75, 3.05) is 19.6 Å². The smallest absolute Gasteiger partial charge is 0.0195 e. The van der Waals surface area contributed by atoms with Crippen LogP contribution in [0.1, 0.15) is 33.6 Å². The van der Waals surface area contributed by atoms with E-state index in [4.69, 9.17) is 0 Å². The van der Waals surface area contributed by atoms with E-state index in [1.165, 1.54) is 25.9 Å². The van der Waals surface area contributed by atoms with E-state index in [1.54, 1.807) is 0 Å². The van der Waals surface area contributed by atoms with Crippen LogP contribution in [0.2, 0.25) is 0 Å². The Morgan fingerprint density at radius 1 is 1.58 bits per heavy atom. The average Bonchev–Trinajstić information content (AvgIpc) is 2.05. The first-order chi connectivity index (χ1) is 5.75. The quantitative estimate of drug-likeness (QED) is 0.690. The van der Waals surface area contributed by atoms with Crippen LogP contribution >= 0.6 is 0 Å². The van der Waals surface area contributed by atoms with E-state index in [-0.39, 0.29) is 0 Å². The van der Waals surface area contributed by atoms with Crippen LogP contribution in [0.4, 0.5) is 0 Å². The van der Waals surface area contributed by atoms with E-state index in [1.807, 2.05) is 0 Å². The molecule has 1 N–H and O–H groups in total. The van der Waals surface area contributed by atoms with Crippen LogP contribution in [0.15, 0.2) is 0 Å². The fraction of sp³-hybridized carbons (Fsp3) is 1.00. The fourth-order valence-electron chi connectivity index (χ4n) is 2.10. The number of hydrogen-bond acceptors (Lipinski definition) is 2. The highest BCUT2D eigenvalue weighted by atomic mass is 15.2. The molecule has 1 heterocycles. The monoisotopic (exact) mass is 170 g/mol. The molecule has 2 nitrogen and oxygen atoms in total. The Labute approximate surface area is 76.3 Å². The van der Waals surface area contributed by atoms with E-state index in [0.717, 1.165) is 18.6 Å². The minimum absolute atomic E-state index is 0.722. The lowest BCUT2D eigenvalue weighted by Crippen LogP contribution is -2.53. The number of hydrogen-bond donors (Lipinski definition) is 1. The van der Waals surface area contributed by atoms with Gasteiger partial charge in [0.1, 0.15) is 0 Å². The molecule has 0 spiro atoms. The van der Waals surface area contributed by atoms with Crippen LogP contribution in [0, 0.1) is 0 Å². The molecule has 2 heteroatoms. The van der Waals surface area contributed by atoms with Crippen LogP contribution in [0.5, 0.6) is 0 Å². The minimum Gasteiger partial charge on any atom is -0.314 e. The standard InChI is InChI=1S/C10H22N2/c1-4-5-9(2)12-7-6-11-8-10(12)3/h9-11H,4-8H2,1-3H3/t9-,10-/m0/s1. The molecule has 1 aliphatic heterocycles. The molecule has 72 valence electrons. The van der Waals surface area contributed by atoms with Gasteiger partial charge >= 0.3 is 0 Å². The predicted molar refractivity (Wildman–Crippen MR) is 53.4 cm³/mol. The van der Waals surface area contributed by atoms with E-state index < -0.39 is 0 Å². The molecular weight excluding hydrogens is 148 g/mol. The maximum Gasteiger partial charge on any atom is 0.0195 e. The molecule has 0 aromatic heterocycles. The Morgan fingerprint density at radius 3 is 2.92 bits per heavy atom. The molecule has 0 aromatic rings. The number of piperazine rings is 1. The molecule has 0 bridgehead atoms. The zero-order chi connectivity index (χ0) is 8.97. The Morgan fingerprint density at radius 2 is 2.33 bits per heavy atom. The molecule has 12 heavy (non-hydrogen) atoms. The normalized spacial score (nSPS) is 28.8. The first-order valence-corrected chi connectivity index (χ1v) is 5.22. The molecule has 0 saturated carbocycles. The van der Waals surface area contributed by atoms with Crippen LogP contribution in [-0.4, -0.2) is 36.6 Å². The van der Waals surface area contributed by atoms with Gasteiger partial charge in [-0.25, -0.2) is 0 Å². The number of nitrogens with one attached hydrogen (secondary N) is 1. The highest BCUT2D eigenvalue weighted by molar-refractivity contribution is 4.79. The van der Waals surface area contributed by atoms with Crippen molar-refractivity contribution in [2.45, 2.75) is 45.7 Å². The second-order valence-electron chi connectivity index (χ2n) is 3.93. The fourth-order valence-corrected chi connectivity index (χ4v) is 2.10. The highest BCUT2D eigenvalue weighted by Crippen LogP contribution is 2.11. The first kappa shape index (κ1) is 10.0. The second-order valence-corrected chi connectivity index (χ2v) is 3.93. The van der Waals surface area contributed by atoms with Crippen LogP contribution in [-0.2, 0) is 0 Å². The van der Waals surface area contributed by atoms with Crippen molar-refractivity contribution in [3.8, 4) is 0 Å². The number of rotatable bonds is 3. The van der Waals surface area contributed by atoms with Gasteiger partial charge in [0, 0.05) is 31.7 Å². The molecule has 0 amide bonds. The summed E-state index contributed by atoms with van der Waals surface area (Å²) >= 11 is 0. The van der Waals surface area contributed by atoms with Gasteiger partial charge in [0.15, 0.2) is 0 Å². The zero-order valence-electron chi connectivity index (χ0n) is 8.64. The summed E-state index contributed by atoms with van der Waals surface area (Å²) in [6, 6.07) is 1.49. The third kappa shape index (κ3) is 2.46. The molecule has 1 rings (SSSR count). The average molecular weight is 170 g/mol. The summed E-state index contributed by atoms with van der Waals surface area (Å²) in [6.45, 7) is 10.5. The van der Waals surface area contributed by atoms with E-state index >= 15 is 0 Å². The molecule has 0 radical (unpaired) electrons. The van der Waals surface area contributed by atoms with Gasteiger partial charge in [-0.05, 0) is 20.3 Å². The van der Waals surface area contributed by atoms with Gasteiger partial charge in [0.2, 0.25) is 0 Å². The van der Waals surface area contributed by atoms with Crippen molar-refractivity contribution in [3.63, 3.8) is 0 Å². The molecule has 1 saturated heterocycles. The largest absolute Gasteiger partial charge is 0.314 e. The van der Waals surface area contributed by atoms with Crippen molar-refractivity contribution in [3.05, 3.63) is 0 Å². The van der Waals surface area contributed by atoms with Gasteiger partial charge in [-0.15, -0.1) is 0 Å². The van der Waals surface area contributed by atoms with Crippen molar-refractivity contribution in [1.82, 2.24) is 10.2 Å². The summed E-state index contributed by atoms with van der Waals surface area (Å²) in [5, 5.41) is 3.42. The lowest BCUT2D eigenvalue weighted by molar-refractivity contribution is 0.120. The van der Waals surface area contributed by atoms with Crippen molar-refractivity contribution in [1.29, 1.82) is 0 Å². The Kier molecular flexibility index (Phi) is 4.02. The topological polar surface area (TPSA) is 15.3 Å². The van der Waals surface area contributed by atoms with E-state index in [0.29, 0.717) is 0 Å². The lowest BCUT2D eigenvalue weighted by atomic mass is 10.1. The zero-order valence-corrected chi connectivity index (χ0v) is 8.64. The van der Waals surface area contributed by atoms with Gasteiger partial charge < -0.3 is 5.32 Å². The van der Waals surface area contributed by atoms with Crippen LogP contribution in [0.3, 0.4) is 0 Å². The lowest BCUT2D eigenvalue weighted by Gasteiger charge is -2.38. The minimum atomic E-state index is 0.722. The van der Waals surface area contributed by atoms with Crippen LogP contribution in [0.25, 0.3) is 0 Å². The first-order valence-electron chi connectivity index (χ1n) is 5.22. The van der Waals surface area contributed by atoms with Gasteiger partial charge in [-0.1, -0.05) is 13.3 Å². The summed E-state index contributed by atoms with van der Waals surface area (Å²) in [4.78, 5) is 2.62. The third-order valence-electron chi connectivity index (χ3n) is 2.83. The Balaban J connectivity index is 2.36. The second kappa shape index (κ2) is 4.83.